The number of aryl methyl sites for hydroxylation is 1. The molecule has 4 aromatic rings. The number of benzene rings is 1. The van der Waals surface area contributed by atoms with Crippen LogP contribution in [0.15, 0.2) is 54.9 Å². The molecule has 2 atom stereocenters. The molecular formula is C30H36N6O4. The molecular weight excluding hydrogens is 508 g/mol. The molecule has 0 aliphatic carbocycles. The summed E-state index contributed by atoms with van der Waals surface area (Å²) >= 11 is 0. The van der Waals surface area contributed by atoms with Crippen molar-refractivity contribution in [3.8, 4) is 22.4 Å². The lowest BCUT2D eigenvalue weighted by molar-refractivity contribution is -0.144. The molecule has 10 nitrogen and oxygen atoms in total. The number of hydrogen-bond donors (Lipinski definition) is 3. The maximum atomic E-state index is 12.8. The number of aliphatic hydroxyl groups excluding tert-OH is 2. The molecule has 1 aromatic carbocycles. The molecule has 10 heteroatoms. The highest BCUT2D eigenvalue weighted by Gasteiger charge is 2.28. The second kappa shape index (κ2) is 12.8. The Labute approximate surface area is 233 Å². The Bertz CT molecular complexity index is 1470. The number of fused-ring (bicyclic) bond motifs is 1. The van der Waals surface area contributed by atoms with Gasteiger partial charge in [-0.3, -0.25) is 14.6 Å². The molecule has 1 amide bonds. The van der Waals surface area contributed by atoms with Crippen molar-refractivity contribution in [1.82, 2.24) is 24.5 Å². The number of rotatable bonds is 12. The molecule has 0 bridgehead atoms. The van der Waals surface area contributed by atoms with Gasteiger partial charge in [-0.05, 0) is 38.7 Å². The molecule has 0 saturated heterocycles. The standard InChI is InChI=1S/C30H36N6O4/c1-4-15-35(30(40)26(39)18-37)22(5-2)12-14-25-27(19(3)38)28(31)36-29(34-25)23(17-33-36)21-11-13-24(32-16-21)20-9-7-6-8-10-20/h6-11,13,16-17,22,26,37,39H,4-5,12,14-15,18,31H2,1-3H3/t22-,26-/m1/s1. The number of carbonyl (C=O) groups is 2. The third kappa shape index (κ3) is 5.88. The van der Waals surface area contributed by atoms with Crippen molar-refractivity contribution >= 4 is 23.2 Å². The van der Waals surface area contributed by atoms with Gasteiger partial charge in [-0.2, -0.15) is 9.61 Å². The first-order valence-corrected chi connectivity index (χ1v) is 13.6. The van der Waals surface area contributed by atoms with Crippen molar-refractivity contribution in [2.24, 2.45) is 0 Å². The number of nitrogen functional groups attached to an aromatic ring is 1. The SMILES string of the molecule is CCCN(C(=O)[C@H](O)CO)[C@H](CC)CCc1nc2c(-c3ccc(-c4ccccc4)nc3)cnn2c(N)c1C(C)=O. The van der Waals surface area contributed by atoms with Crippen LogP contribution in [0.25, 0.3) is 28.0 Å². The number of anilines is 1. The van der Waals surface area contributed by atoms with E-state index in [1.807, 2.05) is 56.3 Å². The van der Waals surface area contributed by atoms with Crippen LogP contribution < -0.4 is 5.73 Å². The minimum Gasteiger partial charge on any atom is -0.393 e. The van der Waals surface area contributed by atoms with Crippen molar-refractivity contribution in [3.63, 3.8) is 0 Å². The lowest BCUT2D eigenvalue weighted by atomic mass is 10.00. The summed E-state index contributed by atoms with van der Waals surface area (Å²) in [7, 11) is 0. The van der Waals surface area contributed by atoms with Gasteiger partial charge < -0.3 is 20.8 Å². The van der Waals surface area contributed by atoms with E-state index in [2.05, 4.69) is 10.1 Å². The van der Waals surface area contributed by atoms with Crippen molar-refractivity contribution in [1.29, 1.82) is 0 Å². The first kappa shape index (κ1) is 28.8. The molecule has 0 saturated carbocycles. The average molecular weight is 545 g/mol. The number of nitrogens with zero attached hydrogens (tertiary/aromatic N) is 5. The monoisotopic (exact) mass is 544 g/mol. The van der Waals surface area contributed by atoms with Crippen molar-refractivity contribution in [2.45, 2.75) is 58.6 Å². The quantitative estimate of drug-likeness (QED) is 0.230. The van der Waals surface area contributed by atoms with Crippen LogP contribution in [-0.4, -0.2) is 71.7 Å². The van der Waals surface area contributed by atoms with E-state index in [0.29, 0.717) is 49.1 Å². The predicted molar refractivity (Wildman–Crippen MR) is 154 cm³/mol. The number of Topliss-reactive ketones (excluding diaryl/α,β-unsaturated/α-hetero) is 1. The van der Waals surface area contributed by atoms with Gasteiger partial charge >= 0.3 is 0 Å². The molecule has 0 radical (unpaired) electrons. The second-order valence-electron chi connectivity index (χ2n) is 9.80. The smallest absolute Gasteiger partial charge is 0.254 e. The van der Waals surface area contributed by atoms with Gasteiger partial charge in [0.1, 0.15) is 5.82 Å². The maximum absolute atomic E-state index is 12.8. The topological polar surface area (TPSA) is 147 Å². The van der Waals surface area contributed by atoms with Gasteiger partial charge in [0.25, 0.3) is 5.91 Å². The first-order chi connectivity index (χ1) is 19.3. The highest BCUT2D eigenvalue weighted by molar-refractivity contribution is 6.00. The summed E-state index contributed by atoms with van der Waals surface area (Å²) in [6, 6.07) is 13.6. The van der Waals surface area contributed by atoms with Crippen LogP contribution in [0.1, 0.15) is 56.1 Å². The maximum Gasteiger partial charge on any atom is 0.254 e. The fourth-order valence-electron chi connectivity index (χ4n) is 5.03. The fourth-order valence-corrected chi connectivity index (χ4v) is 5.03. The lowest BCUT2D eigenvalue weighted by Gasteiger charge is -2.32. The Morgan fingerprint density at radius 2 is 1.82 bits per heavy atom. The summed E-state index contributed by atoms with van der Waals surface area (Å²) in [6.07, 6.45) is 4.19. The number of pyridine rings is 1. The van der Waals surface area contributed by atoms with E-state index in [0.717, 1.165) is 22.4 Å². The first-order valence-electron chi connectivity index (χ1n) is 13.6. The van der Waals surface area contributed by atoms with Crippen LogP contribution in [0.2, 0.25) is 0 Å². The third-order valence-corrected chi connectivity index (χ3v) is 7.09. The predicted octanol–water partition coefficient (Wildman–Crippen LogP) is 3.55. The highest BCUT2D eigenvalue weighted by Crippen LogP contribution is 2.29. The molecule has 0 aliphatic rings. The van der Waals surface area contributed by atoms with Gasteiger partial charge in [0, 0.05) is 35.5 Å². The van der Waals surface area contributed by atoms with Crippen LogP contribution in [-0.2, 0) is 11.2 Å². The summed E-state index contributed by atoms with van der Waals surface area (Å²) in [4.78, 5) is 36.5. The van der Waals surface area contributed by atoms with E-state index >= 15 is 0 Å². The van der Waals surface area contributed by atoms with Gasteiger partial charge in [-0.1, -0.05) is 50.2 Å². The van der Waals surface area contributed by atoms with Crippen LogP contribution in [0, 0.1) is 0 Å². The van der Waals surface area contributed by atoms with E-state index in [-0.39, 0.29) is 17.6 Å². The minimum atomic E-state index is -1.46. The van der Waals surface area contributed by atoms with Gasteiger partial charge in [-0.25, -0.2) is 4.98 Å². The Balaban J connectivity index is 1.69. The van der Waals surface area contributed by atoms with Crippen LogP contribution >= 0.6 is 0 Å². The average Bonchev–Trinajstić information content (AvgIpc) is 3.40. The molecule has 3 aromatic heterocycles. The Hall–Kier alpha value is -4.15. The normalized spacial score (nSPS) is 12.8. The second-order valence-corrected chi connectivity index (χ2v) is 9.80. The Kier molecular flexibility index (Phi) is 9.23. The molecule has 40 heavy (non-hydrogen) atoms. The number of aliphatic hydroxyl groups is 2. The zero-order chi connectivity index (χ0) is 28.8. The summed E-state index contributed by atoms with van der Waals surface area (Å²) in [5.41, 5.74) is 11.2. The number of carbonyl (C=O) groups excluding carboxylic acids is 2. The van der Waals surface area contributed by atoms with E-state index in [1.165, 1.54) is 11.4 Å². The van der Waals surface area contributed by atoms with Gasteiger partial charge in [0.2, 0.25) is 0 Å². The molecule has 4 rings (SSSR count). The van der Waals surface area contributed by atoms with Gasteiger partial charge in [-0.15, -0.1) is 0 Å². The van der Waals surface area contributed by atoms with E-state index < -0.39 is 18.6 Å². The highest BCUT2D eigenvalue weighted by atomic mass is 16.3. The van der Waals surface area contributed by atoms with Crippen molar-refractivity contribution in [3.05, 3.63) is 66.1 Å². The minimum absolute atomic E-state index is 0.206. The zero-order valence-electron chi connectivity index (χ0n) is 23.1. The number of ketones is 1. The molecule has 0 fully saturated rings. The zero-order valence-corrected chi connectivity index (χ0v) is 23.1. The molecule has 0 aliphatic heterocycles. The summed E-state index contributed by atoms with van der Waals surface area (Å²) < 4.78 is 1.47. The van der Waals surface area contributed by atoms with Crippen molar-refractivity contribution in [2.75, 3.05) is 18.9 Å². The molecule has 3 heterocycles. The number of nitrogens with two attached hydrogens (primary N) is 1. The summed E-state index contributed by atoms with van der Waals surface area (Å²) in [5.74, 6) is -0.522. The van der Waals surface area contributed by atoms with E-state index in [9.17, 15) is 19.8 Å². The summed E-state index contributed by atoms with van der Waals surface area (Å²) in [5, 5.41) is 23.7. The number of amides is 1. The lowest BCUT2D eigenvalue weighted by Crippen LogP contribution is -2.47. The van der Waals surface area contributed by atoms with Gasteiger partial charge in [0.05, 0.1) is 29.8 Å². The molecule has 4 N–H and O–H groups in total. The largest absolute Gasteiger partial charge is 0.393 e. The number of aromatic nitrogens is 4. The van der Waals surface area contributed by atoms with Crippen LogP contribution in [0.3, 0.4) is 0 Å². The van der Waals surface area contributed by atoms with Gasteiger partial charge in [0.15, 0.2) is 17.5 Å². The van der Waals surface area contributed by atoms with E-state index in [4.69, 9.17) is 10.7 Å². The van der Waals surface area contributed by atoms with Crippen molar-refractivity contribution < 1.29 is 19.8 Å². The van der Waals surface area contributed by atoms with Crippen LogP contribution in [0.5, 0.6) is 0 Å². The summed E-state index contributed by atoms with van der Waals surface area (Å²) in [6.45, 7) is 5.17. The Morgan fingerprint density at radius 1 is 1.07 bits per heavy atom. The Morgan fingerprint density at radius 3 is 2.42 bits per heavy atom. The number of hydrogen-bond acceptors (Lipinski definition) is 8. The fraction of sp³-hybridized carbons (Fsp3) is 0.367. The third-order valence-electron chi connectivity index (χ3n) is 7.09. The molecule has 210 valence electrons. The molecule has 0 unspecified atom stereocenters. The van der Waals surface area contributed by atoms with E-state index in [1.54, 1.807) is 17.3 Å². The van der Waals surface area contributed by atoms with Crippen LogP contribution in [0.4, 0.5) is 5.82 Å². The molecule has 0 spiro atoms.